The van der Waals surface area contributed by atoms with Crippen molar-refractivity contribution in [3.8, 4) is 0 Å². The molecule has 0 saturated heterocycles. The first kappa shape index (κ1) is 25.6. The van der Waals surface area contributed by atoms with Crippen molar-refractivity contribution in [2.45, 2.75) is 45.4 Å². The van der Waals surface area contributed by atoms with Crippen LogP contribution in [0.1, 0.15) is 31.4 Å². The Balaban J connectivity index is 2.04. The van der Waals surface area contributed by atoms with E-state index in [9.17, 15) is 14.4 Å². The van der Waals surface area contributed by atoms with Crippen molar-refractivity contribution < 1.29 is 23.9 Å². The summed E-state index contributed by atoms with van der Waals surface area (Å²) in [6.07, 6.45) is -0.0206. The van der Waals surface area contributed by atoms with E-state index >= 15 is 0 Å². The maximum absolute atomic E-state index is 13.0. The van der Waals surface area contributed by atoms with Crippen molar-refractivity contribution in [2.24, 2.45) is 5.92 Å². The largest absolute Gasteiger partial charge is 0.467 e. The average Bonchev–Trinajstić information content (AvgIpc) is 2.76. The van der Waals surface area contributed by atoms with Gasteiger partial charge in [-0.25, -0.2) is 9.59 Å². The zero-order chi connectivity index (χ0) is 23.5. The molecule has 0 unspecified atom stereocenters. The summed E-state index contributed by atoms with van der Waals surface area (Å²) in [6.45, 7) is 3.99. The van der Waals surface area contributed by atoms with Gasteiger partial charge in [-0.1, -0.05) is 56.3 Å². The van der Waals surface area contributed by atoms with Gasteiger partial charge >= 0.3 is 12.1 Å². The Labute approximate surface area is 202 Å². The Kier molecular flexibility index (Phi) is 10.5. The first-order valence-corrected chi connectivity index (χ1v) is 11.5. The Morgan fingerprint density at radius 3 is 2.25 bits per heavy atom. The van der Waals surface area contributed by atoms with Crippen molar-refractivity contribution in [1.29, 1.82) is 0 Å². The number of esters is 1. The Bertz CT molecular complexity index is 904. The second kappa shape index (κ2) is 13.0. The summed E-state index contributed by atoms with van der Waals surface area (Å²) in [6, 6.07) is 15.2. The fourth-order valence-electron chi connectivity index (χ4n) is 3.12. The zero-order valence-corrected chi connectivity index (χ0v) is 20.6. The maximum atomic E-state index is 13.0. The SMILES string of the molecule is COC(=O)[C@@H](Cc1cccc(I)c1)NC(=O)[C@H](CC(C)C)NC(=O)OCc1ccccc1. The fourth-order valence-corrected chi connectivity index (χ4v) is 3.73. The van der Waals surface area contributed by atoms with Crippen LogP contribution >= 0.6 is 22.6 Å². The number of benzene rings is 2. The molecule has 32 heavy (non-hydrogen) atoms. The van der Waals surface area contributed by atoms with Gasteiger partial charge in [-0.05, 0) is 58.2 Å². The highest BCUT2D eigenvalue weighted by molar-refractivity contribution is 14.1. The Hall–Kier alpha value is -2.62. The van der Waals surface area contributed by atoms with E-state index in [1.807, 2.05) is 68.4 Å². The molecule has 0 radical (unpaired) electrons. The highest BCUT2D eigenvalue weighted by Crippen LogP contribution is 2.12. The molecule has 0 bridgehead atoms. The topological polar surface area (TPSA) is 93.7 Å². The molecule has 0 heterocycles. The third kappa shape index (κ3) is 8.86. The van der Waals surface area contributed by atoms with E-state index in [0.29, 0.717) is 6.42 Å². The van der Waals surface area contributed by atoms with Gasteiger partial charge in [0.05, 0.1) is 7.11 Å². The van der Waals surface area contributed by atoms with Crippen LogP contribution in [0.15, 0.2) is 54.6 Å². The van der Waals surface area contributed by atoms with Gasteiger partial charge in [0.15, 0.2) is 0 Å². The van der Waals surface area contributed by atoms with Gasteiger partial charge in [0.25, 0.3) is 0 Å². The van der Waals surface area contributed by atoms with E-state index in [0.717, 1.165) is 14.7 Å². The predicted octanol–water partition coefficient (Wildman–Crippen LogP) is 3.83. The molecule has 2 aromatic rings. The smallest absolute Gasteiger partial charge is 0.408 e. The minimum absolute atomic E-state index is 0.0973. The maximum Gasteiger partial charge on any atom is 0.408 e. The van der Waals surface area contributed by atoms with Gasteiger partial charge in [-0.3, -0.25) is 4.79 Å². The second-order valence-corrected chi connectivity index (χ2v) is 9.05. The number of rotatable bonds is 10. The fraction of sp³-hybridized carbons (Fsp3) is 0.375. The van der Waals surface area contributed by atoms with Crippen LogP contribution < -0.4 is 10.6 Å². The van der Waals surface area contributed by atoms with E-state index in [4.69, 9.17) is 9.47 Å². The lowest BCUT2D eigenvalue weighted by Crippen LogP contribution is -2.53. The lowest BCUT2D eigenvalue weighted by atomic mass is 10.0. The monoisotopic (exact) mass is 552 g/mol. The van der Waals surface area contributed by atoms with Gasteiger partial charge in [-0.2, -0.15) is 0 Å². The lowest BCUT2D eigenvalue weighted by Gasteiger charge is -2.23. The predicted molar refractivity (Wildman–Crippen MR) is 130 cm³/mol. The minimum atomic E-state index is -0.873. The molecule has 0 saturated carbocycles. The molecule has 2 amide bonds. The van der Waals surface area contributed by atoms with Crippen LogP contribution in [0, 0.1) is 9.49 Å². The van der Waals surface area contributed by atoms with Crippen LogP contribution in [0.4, 0.5) is 4.79 Å². The van der Waals surface area contributed by atoms with Crippen LogP contribution in [0.25, 0.3) is 0 Å². The molecular weight excluding hydrogens is 523 g/mol. The molecule has 0 aliphatic heterocycles. The van der Waals surface area contributed by atoms with Crippen LogP contribution in [-0.4, -0.2) is 37.2 Å². The van der Waals surface area contributed by atoms with Crippen LogP contribution in [-0.2, 0) is 32.1 Å². The highest BCUT2D eigenvalue weighted by atomic mass is 127. The summed E-state index contributed by atoms with van der Waals surface area (Å²) in [4.78, 5) is 37.6. The standard InChI is InChI=1S/C24H29IN2O5/c1-16(2)12-20(27-24(30)32-15-17-8-5-4-6-9-17)22(28)26-21(23(29)31-3)14-18-10-7-11-19(25)13-18/h4-11,13,16,20-21H,12,14-15H2,1-3H3,(H,26,28)(H,27,30)/t20-,21+/m0/s1. The van der Waals surface area contributed by atoms with Crippen LogP contribution in [0.3, 0.4) is 0 Å². The number of hydrogen-bond acceptors (Lipinski definition) is 5. The van der Waals surface area contributed by atoms with Crippen molar-refractivity contribution in [2.75, 3.05) is 7.11 Å². The first-order chi connectivity index (χ1) is 15.3. The summed E-state index contributed by atoms with van der Waals surface area (Å²) >= 11 is 2.19. The molecule has 7 nitrogen and oxygen atoms in total. The van der Waals surface area contributed by atoms with Crippen molar-refractivity contribution in [1.82, 2.24) is 10.6 Å². The molecule has 0 fully saturated rings. The summed E-state index contributed by atoms with van der Waals surface area (Å²) in [5.41, 5.74) is 1.74. The average molecular weight is 552 g/mol. The summed E-state index contributed by atoms with van der Waals surface area (Å²) in [7, 11) is 1.28. The van der Waals surface area contributed by atoms with Crippen molar-refractivity contribution in [3.63, 3.8) is 0 Å². The van der Waals surface area contributed by atoms with Gasteiger partial charge in [0.2, 0.25) is 5.91 Å². The van der Waals surface area contributed by atoms with E-state index in [-0.39, 0.29) is 18.9 Å². The van der Waals surface area contributed by atoms with E-state index < -0.39 is 30.1 Å². The number of halogens is 1. The molecule has 2 atom stereocenters. The number of amides is 2. The molecule has 172 valence electrons. The van der Waals surface area contributed by atoms with E-state index in [1.165, 1.54) is 7.11 Å². The molecule has 0 spiro atoms. The number of nitrogens with one attached hydrogen (secondary N) is 2. The number of hydrogen-bond donors (Lipinski definition) is 2. The summed E-state index contributed by atoms with van der Waals surface area (Å²) in [5, 5.41) is 5.36. The number of ether oxygens (including phenoxy) is 2. The van der Waals surface area contributed by atoms with Crippen molar-refractivity contribution >= 4 is 40.6 Å². The number of carbonyl (C=O) groups excluding carboxylic acids is 3. The van der Waals surface area contributed by atoms with Crippen molar-refractivity contribution in [3.05, 3.63) is 69.3 Å². The number of carbonyl (C=O) groups is 3. The first-order valence-electron chi connectivity index (χ1n) is 10.4. The third-order valence-electron chi connectivity index (χ3n) is 4.66. The number of alkyl carbamates (subject to hydrolysis) is 1. The summed E-state index contributed by atoms with van der Waals surface area (Å²) < 4.78 is 11.2. The molecule has 2 N–H and O–H groups in total. The molecular formula is C24H29IN2O5. The quantitative estimate of drug-likeness (QED) is 0.345. The number of methoxy groups -OCH3 is 1. The molecule has 0 aromatic heterocycles. The zero-order valence-electron chi connectivity index (χ0n) is 18.5. The normalized spacial score (nSPS) is 12.5. The van der Waals surface area contributed by atoms with Crippen LogP contribution in [0.5, 0.6) is 0 Å². The van der Waals surface area contributed by atoms with Gasteiger partial charge in [-0.15, -0.1) is 0 Å². The molecule has 8 heteroatoms. The lowest BCUT2D eigenvalue weighted by molar-refractivity contribution is -0.145. The van der Waals surface area contributed by atoms with Crippen LogP contribution in [0.2, 0.25) is 0 Å². The van der Waals surface area contributed by atoms with Gasteiger partial charge < -0.3 is 20.1 Å². The second-order valence-electron chi connectivity index (χ2n) is 7.81. The molecule has 0 aliphatic rings. The highest BCUT2D eigenvalue weighted by Gasteiger charge is 2.28. The molecule has 0 aliphatic carbocycles. The Morgan fingerprint density at radius 2 is 1.62 bits per heavy atom. The Morgan fingerprint density at radius 1 is 0.938 bits per heavy atom. The van der Waals surface area contributed by atoms with E-state index in [2.05, 4.69) is 33.2 Å². The van der Waals surface area contributed by atoms with Gasteiger partial charge in [0.1, 0.15) is 18.7 Å². The molecule has 2 aromatic carbocycles. The summed E-state index contributed by atoms with van der Waals surface area (Å²) in [5.74, 6) is -0.879. The van der Waals surface area contributed by atoms with E-state index in [1.54, 1.807) is 0 Å². The molecule has 2 rings (SSSR count). The minimum Gasteiger partial charge on any atom is -0.467 e. The third-order valence-corrected chi connectivity index (χ3v) is 5.33. The van der Waals surface area contributed by atoms with Gasteiger partial charge in [0, 0.05) is 9.99 Å².